The highest BCUT2D eigenvalue weighted by Crippen LogP contribution is 2.31. The zero-order chi connectivity index (χ0) is 8.15. The molecule has 0 amide bonds. The minimum absolute atomic E-state index is 0.0699. The van der Waals surface area contributed by atoms with E-state index in [0.717, 1.165) is 0 Å². The maximum atomic E-state index is 5.11. The smallest absolute Gasteiger partial charge is 0.339 e. The van der Waals surface area contributed by atoms with Crippen molar-refractivity contribution >= 4 is 25.4 Å². The lowest BCUT2D eigenvalue weighted by Crippen LogP contribution is -2.08. The van der Waals surface area contributed by atoms with Crippen LogP contribution in [-0.2, 0) is 16.5 Å². The molecule has 58 valence electrons. The van der Waals surface area contributed by atoms with Crippen molar-refractivity contribution in [2.45, 2.75) is 12.8 Å². The summed E-state index contributed by atoms with van der Waals surface area (Å²) in [7, 11) is 3.45. The third kappa shape index (κ3) is 2.69. The van der Waals surface area contributed by atoms with Crippen molar-refractivity contribution in [1.29, 1.82) is 0 Å². The minimum atomic E-state index is -0.738. The molecule has 5 heteroatoms. The highest BCUT2D eigenvalue weighted by molar-refractivity contribution is 8.04. The maximum absolute atomic E-state index is 5.11. The van der Waals surface area contributed by atoms with E-state index in [1.807, 2.05) is 6.92 Å². The van der Waals surface area contributed by atoms with Crippen molar-refractivity contribution in [2.75, 3.05) is 14.2 Å². The Balaban J connectivity index is 3.93. The summed E-state index contributed by atoms with van der Waals surface area (Å²) in [6, 6.07) is 0. The number of nitrogens with zero attached hydrogens (tertiary/aromatic N) is 2. The van der Waals surface area contributed by atoms with Crippen molar-refractivity contribution in [1.82, 2.24) is 4.78 Å². The zero-order valence-corrected chi connectivity index (χ0v) is 8.15. The Morgan fingerprint density at radius 1 is 1.80 bits per heavy atom. The quantitative estimate of drug-likeness (QED) is 0.370. The Morgan fingerprint density at radius 2 is 2.30 bits per heavy atom. The number of hydrogen-bond donors (Lipinski definition) is 0. The van der Waals surface area contributed by atoms with Crippen LogP contribution in [0.4, 0.5) is 0 Å². The van der Waals surface area contributed by atoms with Gasteiger partial charge in [-0.2, -0.15) is 5.10 Å². The highest BCUT2D eigenvalue weighted by atomic mass is 32.4. The molecule has 0 aliphatic heterocycles. The largest absolute Gasteiger partial charge is 0.342 e. The molecule has 0 saturated carbocycles. The molecule has 0 radical (unpaired) electrons. The van der Waals surface area contributed by atoms with Crippen LogP contribution in [0.1, 0.15) is 6.92 Å². The first-order chi connectivity index (χ1) is 4.63. The van der Waals surface area contributed by atoms with Crippen molar-refractivity contribution in [3.05, 3.63) is 0 Å². The van der Waals surface area contributed by atoms with E-state index in [0.29, 0.717) is 0 Å². The van der Waals surface area contributed by atoms with Crippen LogP contribution in [0.5, 0.6) is 0 Å². The molecule has 2 unspecified atom stereocenters. The van der Waals surface area contributed by atoms with Gasteiger partial charge in [0.1, 0.15) is 0 Å². The molecule has 0 aromatic carbocycles. The molecule has 2 atom stereocenters. The minimum Gasteiger partial charge on any atom is -0.339 e. The van der Waals surface area contributed by atoms with Crippen LogP contribution in [-0.4, -0.2) is 31.5 Å². The molecule has 0 aliphatic rings. The van der Waals surface area contributed by atoms with Gasteiger partial charge in [-0.3, -0.25) is 0 Å². The van der Waals surface area contributed by atoms with Crippen molar-refractivity contribution in [2.24, 2.45) is 5.10 Å². The fourth-order valence-electron chi connectivity index (χ4n) is 0.388. The van der Waals surface area contributed by atoms with Crippen LogP contribution in [0.2, 0.25) is 0 Å². The Kier molecular flexibility index (Phi) is 4.69. The maximum Gasteiger partial charge on any atom is 0.342 e. The molecule has 0 aromatic heterocycles. The van der Waals surface area contributed by atoms with E-state index in [-0.39, 0.29) is 5.85 Å². The summed E-state index contributed by atoms with van der Waals surface area (Å²) in [4.78, 5) is 0. The first-order valence-corrected chi connectivity index (χ1v) is 5.20. The number of methoxy groups -OCH3 is 1. The fourth-order valence-corrected chi connectivity index (χ4v) is 1.58. The second-order valence-corrected chi connectivity index (χ2v) is 4.80. The third-order valence-electron chi connectivity index (χ3n) is 1.14. The van der Waals surface area contributed by atoms with Gasteiger partial charge in [-0.1, -0.05) is 0 Å². The second-order valence-electron chi connectivity index (χ2n) is 1.77. The van der Waals surface area contributed by atoms with Crippen LogP contribution in [0.3, 0.4) is 0 Å². The average Bonchev–Trinajstić information content (AvgIpc) is 2.00. The van der Waals surface area contributed by atoms with Gasteiger partial charge < -0.3 is 4.74 Å². The van der Waals surface area contributed by atoms with E-state index < -0.39 is 6.85 Å². The molecular weight excluding hydrogens is 167 g/mol. The molecule has 0 spiro atoms. The SMILES string of the molecule is C=NN(C)[P+](=S)C(C)OC. The normalized spacial score (nSPS) is 14.1. The summed E-state index contributed by atoms with van der Waals surface area (Å²) in [5.74, 6) is 0.0699. The topological polar surface area (TPSA) is 24.8 Å². The lowest BCUT2D eigenvalue weighted by atomic mass is 10.9. The lowest BCUT2D eigenvalue weighted by Gasteiger charge is -2.05. The second kappa shape index (κ2) is 4.72. The fraction of sp³-hybridized carbons (Fsp3) is 0.800. The van der Waals surface area contributed by atoms with Crippen LogP contribution >= 0.6 is 6.85 Å². The molecule has 0 heterocycles. The Labute approximate surface area is 67.5 Å². The lowest BCUT2D eigenvalue weighted by molar-refractivity contribution is 0.180. The van der Waals surface area contributed by atoms with Crippen LogP contribution in [0.15, 0.2) is 5.10 Å². The van der Waals surface area contributed by atoms with Crippen molar-refractivity contribution in [3.8, 4) is 0 Å². The predicted molar refractivity (Wildman–Crippen MR) is 48.1 cm³/mol. The van der Waals surface area contributed by atoms with Crippen molar-refractivity contribution < 1.29 is 4.74 Å². The molecule has 0 rings (SSSR count). The Bertz CT molecular complexity index is 142. The van der Waals surface area contributed by atoms with Gasteiger partial charge in [-0.05, 0) is 0 Å². The highest BCUT2D eigenvalue weighted by Gasteiger charge is 2.24. The van der Waals surface area contributed by atoms with Gasteiger partial charge in [0.25, 0.3) is 0 Å². The van der Waals surface area contributed by atoms with E-state index in [2.05, 4.69) is 11.8 Å². The van der Waals surface area contributed by atoms with E-state index in [1.165, 1.54) is 0 Å². The van der Waals surface area contributed by atoms with Gasteiger partial charge in [0, 0.05) is 20.8 Å². The third-order valence-corrected chi connectivity index (χ3v) is 4.27. The number of hydrogen-bond acceptors (Lipinski definition) is 3. The van der Waals surface area contributed by atoms with Gasteiger partial charge in [-0.25, -0.2) is 0 Å². The average molecular weight is 179 g/mol. The summed E-state index contributed by atoms with van der Waals surface area (Å²) in [6.07, 6.45) is 0. The number of hydrazone groups is 1. The molecular formula is C5H12N2OPS+. The van der Waals surface area contributed by atoms with Gasteiger partial charge in [-0.15, -0.1) is 4.78 Å². The molecule has 0 N–H and O–H groups in total. The molecule has 3 nitrogen and oxygen atoms in total. The predicted octanol–water partition coefficient (Wildman–Crippen LogP) is 1.39. The first kappa shape index (κ1) is 9.95. The number of ether oxygens (including phenoxy) is 1. The summed E-state index contributed by atoms with van der Waals surface area (Å²) >= 11 is 5.11. The molecule has 0 aliphatic carbocycles. The van der Waals surface area contributed by atoms with E-state index in [1.54, 1.807) is 18.9 Å². The molecule has 0 bridgehead atoms. The van der Waals surface area contributed by atoms with Gasteiger partial charge >= 0.3 is 6.85 Å². The van der Waals surface area contributed by atoms with E-state index in [4.69, 9.17) is 16.5 Å². The van der Waals surface area contributed by atoms with E-state index in [9.17, 15) is 0 Å². The monoisotopic (exact) mass is 179 g/mol. The summed E-state index contributed by atoms with van der Waals surface area (Å²) in [5, 5.41) is 3.69. The van der Waals surface area contributed by atoms with Crippen LogP contribution < -0.4 is 0 Å². The van der Waals surface area contributed by atoms with E-state index >= 15 is 0 Å². The summed E-state index contributed by atoms with van der Waals surface area (Å²) in [6.45, 7) is 4.56. The zero-order valence-electron chi connectivity index (χ0n) is 6.44. The Hall–Kier alpha value is -0.0500. The van der Waals surface area contributed by atoms with Crippen LogP contribution in [0.25, 0.3) is 0 Å². The van der Waals surface area contributed by atoms with Gasteiger partial charge in [0.05, 0.1) is 7.05 Å². The van der Waals surface area contributed by atoms with Crippen molar-refractivity contribution in [3.63, 3.8) is 0 Å². The molecule has 10 heavy (non-hydrogen) atoms. The molecule has 0 fully saturated rings. The summed E-state index contributed by atoms with van der Waals surface area (Å²) < 4.78 is 6.70. The Morgan fingerprint density at radius 3 is 2.60 bits per heavy atom. The standard InChI is InChI=1S/C5H12N2OPS/c1-5(8-4)9(10)7(3)6-2/h5H,2H2,1,3-4H3/q+1. The summed E-state index contributed by atoms with van der Waals surface area (Å²) in [5.41, 5.74) is 0. The molecule has 0 aromatic rings. The molecule has 0 saturated heterocycles. The first-order valence-electron chi connectivity index (χ1n) is 2.83. The van der Waals surface area contributed by atoms with Crippen LogP contribution in [0, 0.1) is 0 Å². The van der Waals surface area contributed by atoms with Gasteiger partial charge in [0.15, 0.2) is 11.8 Å². The van der Waals surface area contributed by atoms with Gasteiger partial charge in [0.2, 0.25) is 5.85 Å². The number of rotatable bonds is 4.